The summed E-state index contributed by atoms with van der Waals surface area (Å²) in [6, 6.07) is 3.07. The van der Waals surface area contributed by atoms with E-state index in [0.29, 0.717) is 0 Å². The molecule has 94 valence electrons. The molecule has 0 atom stereocenters. The first-order valence-corrected chi connectivity index (χ1v) is 5.59. The maximum atomic E-state index is 13.4. The molecule has 3 nitrogen and oxygen atoms in total. The third kappa shape index (κ3) is 2.52. The quantitative estimate of drug-likeness (QED) is 0.852. The van der Waals surface area contributed by atoms with Crippen LogP contribution in [0.2, 0.25) is 10.0 Å². The minimum absolute atomic E-state index is 0.0255. The molecule has 0 unspecified atom stereocenters. The lowest BCUT2D eigenvalue weighted by Crippen LogP contribution is -2.24. The zero-order valence-electron chi connectivity index (χ0n) is 8.83. The van der Waals surface area contributed by atoms with Crippen molar-refractivity contribution in [1.82, 2.24) is 9.78 Å². The molecule has 0 aliphatic carbocycles. The van der Waals surface area contributed by atoms with E-state index in [2.05, 4.69) is 5.10 Å². The summed E-state index contributed by atoms with van der Waals surface area (Å²) in [5.74, 6) is -1.44. The van der Waals surface area contributed by atoms with E-state index < -0.39 is 17.2 Å². The fourth-order valence-corrected chi connectivity index (χ4v) is 1.64. The summed E-state index contributed by atoms with van der Waals surface area (Å²) >= 11 is 11.3. The molecular weight excluding hydrogens is 285 g/mol. The molecule has 0 spiro atoms. The zero-order chi connectivity index (χ0) is 13.3. The second-order valence-electron chi connectivity index (χ2n) is 3.51. The Morgan fingerprint density at radius 1 is 1.28 bits per heavy atom. The third-order valence-electron chi connectivity index (χ3n) is 2.28. The summed E-state index contributed by atoms with van der Waals surface area (Å²) in [6.07, 6.45) is 1.19. The van der Waals surface area contributed by atoms with Crippen LogP contribution in [0.4, 0.5) is 8.78 Å². The van der Waals surface area contributed by atoms with Crippen LogP contribution in [0.5, 0.6) is 0 Å². The molecule has 1 aromatic carbocycles. The summed E-state index contributed by atoms with van der Waals surface area (Å²) in [5, 5.41) is 3.56. The Morgan fingerprint density at radius 3 is 2.67 bits per heavy atom. The maximum absolute atomic E-state index is 13.4. The fourth-order valence-electron chi connectivity index (χ4n) is 1.37. The number of hydrogen-bond acceptors (Lipinski definition) is 2. The van der Waals surface area contributed by atoms with Crippen molar-refractivity contribution in [3.63, 3.8) is 0 Å². The molecule has 0 aliphatic rings. The van der Waals surface area contributed by atoms with Crippen LogP contribution in [0.25, 0.3) is 0 Å². The van der Waals surface area contributed by atoms with E-state index in [9.17, 15) is 13.6 Å². The lowest BCUT2D eigenvalue weighted by atomic mass is 10.2. The summed E-state index contributed by atoms with van der Waals surface area (Å²) in [6.45, 7) is -0.151. The van der Waals surface area contributed by atoms with Gasteiger partial charge >= 0.3 is 0 Å². The first kappa shape index (κ1) is 13.0. The van der Waals surface area contributed by atoms with E-state index in [1.54, 1.807) is 0 Å². The predicted octanol–water partition coefficient (Wildman–Crippen LogP) is 2.88. The van der Waals surface area contributed by atoms with Gasteiger partial charge in [0, 0.05) is 11.6 Å². The molecular formula is C11H6Cl2F2N2O. The van der Waals surface area contributed by atoms with E-state index in [4.69, 9.17) is 23.2 Å². The first-order valence-electron chi connectivity index (χ1n) is 4.84. The molecule has 1 heterocycles. The highest BCUT2D eigenvalue weighted by molar-refractivity contribution is 6.41. The summed E-state index contributed by atoms with van der Waals surface area (Å²) < 4.78 is 27.1. The van der Waals surface area contributed by atoms with Crippen molar-refractivity contribution in [1.29, 1.82) is 0 Å². The molecule has 7 heteroatoms. The van der Waals surface area contributed by atoms with Crippen molar-refractivity contribution in [3.8, 4) is 0 Å². The normalized spacial score (nSPS) is 10.7. The number of aromatic nitrogens is 2. The third-order valence-corrected chi connectivity index (χ3v) is 3.03. The monoisotopic (exact) mass is 290 g/mol. The zero-order valence-corrected chi connectivity index (χ0v) is 10.3. The van der Waals surface area contributed by atoms with Crippen molar-refractivity contribution in [2.24, 2.45) is 0 Å². The summed E-state index contributed by atoms with van der Waals surface area (Å²) in [4.78, 5) is 11.7. The van der Waals surface area contributed by atoms with Gasteiger partial charge in [0.25, 0.3) is 5.56 Å². The Kier molecular flexibility index (Phi) is 3.63. The van der Waals surface area contributed by atoms with Crippen molar-refractivity contribution in [2.75, 3.05) is 0 Å². The number of halogens is 4. The van der Waals surface area contributed by atoms with Crippen LogP contribution in [0.3, 0.4) is 0 Å². The molecule has 2 aromatic rings. The van der Waals surface area contributed by atoms with Gasteiger partial charge in [-0.05, 0) is 6.07 Å². The Balaban J connectivity index is 2.41. The van der Waals surface area contributed by atoms with Crippen molar-refractivity contribution in [3.05, 3.63) is 62.0 Å². The topological polar surface area (TPSA) is 34.9 Å². The second kappa shape index (κ2) is 5.04. The highest BCUT2D eigenvalue weighted by atomic mass is 35.5. The van der Waals surface area contributed by atoms with Gasteiger partial charge in [0.05, 0.1) is 17.8 Å². The minimum Gasteiger partial charge on any atom is -0.266 e. The van der Waals surface area contributed by atoms with E-state index >= 15 is 0 Å². The SMILES string of the molecule is O=c1c(Cl)c(Cl)cnn1Cc1ccc(F)cc1F. The number of hydrogen-bond donors (Lipinski definition) is 0. The van der Waals surface area contributed by atoms with Crippen LogP contribution in [0, 0.1) is 11.6 Å². The predicted molar refractivity (Wildman–Crippen MR) is 64.0 cm³/mol. The lowest BCUT2D eigenvalue weighted by Gasteiger charge is -2.06. The maximum Gasteiger partial charge on any atom is 0.287 e. The molecule has 0 radical (unpaired) electrons. The molecule has 0 bridgehead atoms. The molecule has 2 rings (SSSR count). The average molecular weight is 291 g/mol. The fraction of sp³-hybridized carbons (Fsp3) is 0.0909. The van der Waals surface area contributed by atoms with Crippen LogP contribution in [0.15, 0.2) is 29.2 Å². The largest absolute Gasteiger partial charge is 0.287 e. The van der Waals surface area contributed by atoms with Gasteiger partial charge in [0.2, 0.25) is 0 Å². The Hall–Kier alpha value is -1.46. The van der Waals surface area contributed by atoms with E-state index in [1.807, 2.05) is 0 Å². The number of rotatable bonds is 2. The number of nitrogens with zero attached hydrogens (tertiary/aromatic N) is 2. The molecule has 0 fully saturated rings. The molecule has 1 aromatic heterocycles. The van der Waals surface area contributed by atoms with Gasteiger partial charge in [-0.1, -0.05) is 29.3 Å². The first-order chi connectivity index (χ1) is 8.49. The van der Waals surface area contributed by atoms with E-state index in [-0.39, 0.29) is 22.2 Å². The van der Waals surface area contributed by atoms with Crippen LogP contribution < -0.4 is 5.56 Å². The van der Waals surface area contributed by atoms with Crippen LogP contribution >= 0.6 is 23.2 Å². The molecule has 18 heavy (non-hydrogen) atoms. The van der Waals surface area contributed by atoms with Crippen LogP contribution in [-0.2, 0) is 6.54 Å². The molecule has 0 saturated carbocycles. The van der Waals surface area contributed by atoms with E-state index in [1.165, 1.54) is 12.3 Å². The number of benzene rings is 1. The smallest absolute Gasteiger partial charge is 0.266 e. The van der Waals surface area contributed by atoms with E-state index in [0.717, 1.165) is 16.8 Å². The van der Waals surface area contributed by atoms with Crippen LogP contribution in [-0.4, -0.2) is 9.78 Å². The molecule has 0 N–H and O–H groups in total. The second-order valence-corrected chi connectivity index (χ2v) is 4.29. The van der Waals surface area contributed by atoms with Crippen molar-refractivity contribution >= 4 is 23.2 Å². The minimum atomic E-state index is -0.755. The van der Waals surface area contributed by atoms with Gasteiger partial charge in [0.15, 0.2) is 0 Å². The average Bonchev–Trinajstić information content (AvgIpc) is 2.33. The highest BCUT2D eigenvalue weighted by Gasteiger charge is 2.10. The van der Waals surface area contributed by atoms with Crippen molar-refractivity contribution in [2.45, 2.75) is 6.54 Å². The van der Waals surface area contributed by atoms with Gasteiger partial charge in [-0.25, -0.2) is 13.5 Å². The highest BCUT2D eigenvalue weighted by Crippen LogP contribution is 2.15. The van der Waals surface area contributed by atoms with Gasteiger partial charge in [-0.3, -0.25) is 4.79 Å². The van der Waals surface area contributed by atoms with Gasteiger partial charge in [0.1, 0.15) is 16.7 Å². The Bertz CT molecular complexity index is 658. The molecule has 0 saturated heterocycles. The van der Waals surface area contributed by atoms with Crippen LogP contribution in [0.1, 0.15) is 5.56 Å². The Labute approximate surface area is 111 Å². The van der Waals surface area contributed by atoms with Gasteiger partial charge in [-0.2, -0.15) is 5.10 Å². The van der Waals surface area contributed by atoms with Gasteiger partial charge < -0.3 is 0 Å². The summed E-state index contributed by atoms with van der Waals surface area (Å²) in [7, 11) is 0. The standard InChI is InChI=1S/C11H6Cl2F2N2O/c12-8-4-16-17(11(18)10(8)13)5-6-1-2-7(14)3-9(6)15/h1-4H,5H2. The summed E-state index contributed by atoms with van der Waals surface area (Å²) in [5.41, 5.74) is -0.503. The molecule has 0 aliphatic heterocycles. The Morgan fingerprint density at radius 2 is 2.00 bits per heavy atom. The van der Waals surface area contributed by atoms with Gasteiger partial charge in [-0.15, -0.1) is 0 Å². The van der Waals surface area contributed by atoms with Crippen molar-refractivity contribution < 1.29 is 8.78 Å². The molecule has 0 amide bonds. The lowest BCUT2D eigenvalue weighted by molar-refractivity contribution is 0.551.